The van der Waals surface area contributed by atoms with Crippen LogP contribution in [0.4, 0.5) is 5.69 Å². The van der Waals surface area contributed by atoms with Gasteiger partial charge in [0.25, 0.3) is 0 Å². The van der Waals surface area contributed by atoms with Gasteiger partial charge in [-0.2, -0.15) is 0 Å². The van der Waals surface area contributed by atoms with Crippen molar-refractivity contribution < 1.29 is 13.5 Å². The minimum absolute atomic E-state index is 0.0235. The zero-order valence-electron chi connectivity index (χ0n) is 11.2. The predicted molar refractivity (Wildman–Crippen MR) is 80.4 cm³/mol. The second-order valence-corrected chi connectivity index (χ2v) is 6.52. The molecule has 0 aliphatic heterocycles. The SMILES string of the molecule is Cc1ccc(NS(=O)(=O)CCc2ccccc2)c(O)c1. The molecule has 0 saturated carbocycles. The van der Waals surface area contributed by atoms with Crippen LogP contribution in [0.2, 0.25) is 0 Å². The van der Waals surface area contributed by atoms with E-state index >= 15 is 0 Å². The Bertz CT molecular complexity index is 682. The number of rotatable bonds is 5. The first kappa shape index (κ1) is 14.4. The van der Waals surface area contributed by atoms with Crippen molar-refractivity contribution in [3.63, 3.8) is 0 Å². The van der Waals surface area contributed by atoms with Crippen LogP contribution >= 0.6 is 0 Å². The normalized spacial score (nSPS) is 11.2. The molecule has 2 rings (SSSR count). The Balaban J connectivity index is 2.04. The van der Waals surface area contributed by atoms with E-state index < -0.39 is 10.0 Å². The number of hydrogen-bond donors (Lipinski definition) is 2. The lowest BCUT2D eigenvalue weighted by Gasteiger charge is -2.10. The Labute approximate surface area is 119 Å². The molecule has 0 atom stereocenters. The van der Waals surface area contributed by atoms with E-state index in [0.717, 1.165) is 11.1 Å². The van der Waals surface area contributed by atoms with Crippen LogP contribution in [0, 0.1) is 6.92 Å². The van der Waals surface area contributed by atoms with Crippen LogP contribution in [0.1, 0.15) is 11.1 Å². The minimum Gasteiger partial charge on any atom is -0.506 e. The summed E-state index contributed by atoms with van der Waals surface area (Å²) in [5, 5.41) is 9.71. The van der Waals surface area contributed by atoms with Gasteiger partial charge in [-0.1, -0.05) is 36.4 Å². The Kier molecular flexibility index (Phi) is 4.29. The van der Waals surface area contributed by atoms with Crippen LogP contribution in [0.25, 0.3) is 0 Å². The maximum absolute atomic E-state index is 12.0. The smallest absolute Gasteiger partial charge is 0.233 e. The van der Waals surface area contributed by atoms with E-state index in [1.165, 1.54) is 6.07 Å². The van der Waals surface area contributed by atoms with Crippen molar-refractivity contribution >= 4 is 15.7 Å². The Hall–Kier alpha value is -2.01. The van der Waals surface area contributed by atoms with Crippen LogP contribution in [-0.4, -0.2) is 19.3 Å². The molecule has 0 bridgehead atoms. The number of benzene rings is 2. The highest BCUT2D eigenvalue weighted by Gasteiger charge is 2.13. The summed E-state index contributed by atoms with van der Waals surface area (Å²) in [4.78, 5) is 0. The molecule has 0 aliphatic rings. The molecule has 0 aromatic heterocycles. The highest BCUT2D eigenvalue weighted by Crippen LogP contribution is 2.25. The summed E-state index contributed by atoms with van der Waals surface area (Å²) in [6.45, 7) is 1.83. The standard InChI is InChI=1S/C15H17NO3S/c1-12-7-8-14(15(17)11-12)16-20(18,19)10-9-13-5-3-2-4-6-13/h2-8,11,16-17H,9-10H2,1H3. The molecule has 0 radical (unpaired) electrons. The van der Waals surface area contributed by atoms with E-state index in [1.54, 1.807) is 12.1 Å². The van der Waals surface area contributed by atoms with Crippen LogP contribution < -0.4 is 4.72 Å². The van der Waals surface area contributed by atoms with E-state index in [0.29, 0.717) is 6.42 Å². The first-order valence-electron chi connectivity index (χ1n) is 6.30. The summed E-state index contributed by atoms with van der Waals surface area (Å²) < 4.78 is 26.4. The molecule has 0 fully saturated rings. The third kappa shape index (κ3) is 3.99. The first-order valence-corrected chi connectivity index (χ1v) is 7.95. The number of phenols is 1. The van der Waals surface area contributed by atoms with E-state index in [-0.39, 0.29) is 17.2 Å². The maximum Gasteiger partial charge on any atom is 0.233 e. The van der Waals surface area contributed by atoms with E-state index in [9.17, 15) is 13.5 Å². The molecule has 4 nitrogen and oxygen atoms in total. The Morgan fingerprint density at radius 1 is 1.10 bits per heavy atom. The molecule has 0 heterocycles. The molecule has 106 valence electrons. The first-order chi connectivity index (χ1) is 9.46. The predicted octanol–water partition coefficient (Wildman–Crippen LogP) is 2.69. The third-order valence-corrected chi connectivity index (χ3v) is 4.19. The second kappa shape index (κ2) is 5.96. The van der Waals surface area contributed by atoms with Gasteiger partial charge in [0, 0.05) is 0 Å². The topological polar surface area (TPSA) is 66.4 Å². The summed E-state index contributed by atoms with van der Waals surface area (Å²) >= 11 is 0. The third-order valence-electron chi connectivity index (χ3n) is 2.92. The van der Waals surface area contributed by atoms with Gasteiger partial charge < -0.3 is 5.11 Å². The van der Waals surface area contributed by atoms with Crippen molar-refractivity contribution in [3.05, 3.63) is 59.7 Å². The molecule has 0 spiro atoms. The summed E-state index contributed by atoms with van der Waals surface area (Å²) in [5.74, 6) is -0.0853. The molecule has 0 unspecified atom stereocenters. The van der Waals surface area contributed by atoms with Crippen LogP contribution in [0.3, 0.4) is 0 Å². The van der Waals surface area contributed by atoms with Crippen molar-refractivity contribution in [2.75, 3.05) is 10.5 Å². The molecule has 2 aromatic carbocycles. The highest BCUT2D eigenvalue weighted by atomic mass is 32.2. The monoisotopic (exact) mass is 291 g/mol. The van der Waals surface area contributed by atoms with Crippen molar-refractivity contribution in [2.45, 2.75) is 13.3 Å². The van der Waals surface area contributed by atoms with Gasteiger partial charge in [0.15, 0.2) is 0 Å². The molecule has 0 amide bonds. The van der Waals surface area contributed by atoms with Crippen molar-refractivity contribution in [1.82, 2.24) is 0 Å². The van der Waals surface area contributed by atoms with Crippen molar-refractivity contribution in [3.8, 4) is 5.75 Å². The zero-order chi connectivity index (χ0) is 14.6. The quantitative estimate of drug-likeness (QED) is 0.832. The molecular weight excluding hydrogens is 274 g/mol. The van der Waals surface area contributed by atoms with Crippen LogP contribution in [-0.2, 0) is 16.4 Å². The number of sulfonamides is 1. The lowest BCUT2D eigenvalue weighted by atomic mass is 10.2. The molecule has 0 aliphatic carbocycles. The fourth-order valence-corrected chi connectivity index (χ4v) is 2.96. The van der Waals surface area contributed by atoms with Gasteiger partial charge in [0.2, 0.25) is 10.0 Å². The Morgan fingerprint density at radius 2 is 1.80 bits per heavy atom. The average Bonchev–Trinajstić information content (AvgIpc) is 2.41. The molecular formula is C15H17NO3S. The molecule has 5 heteroatoms. The lowest BCUT2D eigenvalue weighted by Crippen LogP contribution is -2.18. The second-order valence-electron chi connectivity index (χ2n) is 4.68. The highest BCUT2D eigenvalue weighted by molar-refractivity contribution is 7.92. The fourth-order valence-electron chi connectivity index (χ4n) is 1.84. The number of nitrogens with one attached hydrogen (secondary N) is 1. The van der Waals surface area contributed by atoms with Crippen molar-refractivity contribution in [2.24, 2.45) is 0 Å². The number of aromatic hydroxyl groups is 1. The largest absolute Gasteiger partial charge is 0.506 e. The van der Waals surface area contributed by atoms with Gasteiger partial charge in [-0.25, -0.2) is 8.42 Å². The molecule has 2 aromatic rings. The zero-order valence-corrected chi connectivity index (χ0v) is 12.0. The van der Waals surface area contributed by atoms with E-state index in [2.05, 4.69) is 4.72 Å². The average molecular weight is 291 g/mol. The summed E-state index contributed by atoms with van der Waals surface area (Å²) in [7, 11) is -3.48. The van der Waals surface area contributed by atoms with Gasteiger partial charge in [-0.15, -0.1) is 0 Å². The molecule has 2 N–H and O–H groups in total. The van der Waals surface area contributed by atoms with Gasteiger partial charge in [0.05, 0.1) is 11.4 Å². The molecule has 20 heavy (non-hydrogen) atoms. The fraction of sp³-hybridized carbons (Fsp3) is 0.200. The van der Waals surface area contributed by atoms with Gasteiger partial charge in [0.1, 0.15) is 5.75 Å². The molecule has 0 saturated heterocycles. The Morgan fingerprint density at radius 3 is 2.45 bits per heavy atom. The summed E-state index contributed by atoms with van der Waals surface area (Å²) in [6.07, 6.45) is 0.433. The maximum atomic E-state index is 12.0. The van der Waals surface area contributed by atoms with Gasteiger partial charge in [-0.3, -0.25) is 4.72 Å². The van der Waals surface area contributed by atoms with Gasteiger partial charge >= 0.3 is 0 Å². The number of anilines is 1. The van der Waals surface area contributed by atoms with Crippen molar-refractivity contribution in [1.29, 1.82) is 0 Å². The van der Waals surface area contributed by atoms with E-state index in [1.807, 2.05) is 37.3 Å². The number of hydrogen-bond acceptors (Lipinski definition) is 3. The van der Waals surface area contributed by atoms with Crippen LogP contribution in [0.15, 0.2) is 48.5 Å². The number of aryl methyl sites for hydroxylation is 2. The lowest BCUT2D eigenvalue weighted by molar-refractivity contribution is 0.477. The summed E-state index contributed by atoms with van der Waals surface area (Å²) in [5.41, 5.74) is 2.05. The number of phenolic OH excluding ortho intramolecular Hbond substituents is 1. The van der Waals surface area contributed by atoms with Crippen LogP contribution in [0.5, 0.6) is 5.75 Å². The van der Waals surface area contributed by atoms with Gasteiger partial charge in [-0.05, 0) is 36.6 Å². The summed E-state index contributed by atoms with van der Waals surface area (Å²) in [6, 6.07) is 14.2. The minimum atomic E-state index is -3.48. The van der Waals surface area contributed by atoms with E-state index in [4.69, 9.17) is 0 Å².